The summed E-state index contributed by atoms with van der Waals surface area (Å²) in [6.07, 6.45) is 0. The van der Waals surface area contributed by atoms with Crippen molar-refractivity contribution in [3.63, 3.8) is 0 Å². The Labute approximate surface area is 141 Å². The Bertz CT molecular complexity index is 719. The number of aryl methyl sites for hydroxylation is 1. The maximum absolute atomic E-state index is 12.2. The molecule has 0 unspecified atom stereocenters. The fourth-order valence-electron chi connectivity index (χ4n) is 2.30. The van der Waals surface area contributed by atoms with Gasteiger partial charge in [-0.1, -0.05) is 12.1 Å². The molecule has 0 spiro atoms. The summed E-state index contributed by atoms with van der Waals surface area (Å²) in [6, 6.07) is 7.35. The number of carbonyl (C=O) groups is 1. The van der Waals surface area contributed by atoms with E-state index in [1.54, 1.807) is 14.0 Å². The van der Waals surface area contributed by atoms with Crippen LogP contribution in [0.15, 0.2) is 24.3 Å². The molecule has 0 saturated carbocycles. The van der Waals surface area contributed by atoms with Crippen LogP contribution in [0.5, 0.6) is 5.75 Å². The van der Waals surface area contributed by atoms with Crippen LogP contribution >= 0.6 is 0 Å². The number of nitrogen functional groups attached to an aromatic ring is 1. The smallest absolute Gasteiger partial charge is 0.255 e. The van der Waals surface area contributed by atoms with Gasteiger partial charge in [-0.3, -0.25) is 4.79 Å². The van der Waals surface area contributed by atoms with Gasteiger partial charge >= 0.3 is 0 Å². The zero-order chi connectivity index (χ0) is 17.5. The number of nitrogens with zero attached hydrogens (tertiary/aromatic N) is 2. The van der Waals surface area contributed by atoms with Gasteiger partial charge in [-0.05, 0) is 26.0 Å². The van der Waals surface area contributed by atoms with Crippen LogP contribution in [-0.4, -0.2) is 42.7 Å². The van der Waals surface area contributed by atoms with Gasteiger partial charge in [0.1, 0.15) is 12.4 Å². The number of hydrogen-bond acceptors (Lipinski definition) is 6. The first-order valence-corrected chi connectivity index (χ1v) is 7.74. The lowest BCUT2D eigenvalue weighted by atomic mass is 10.0. The minimum absolute atomic E-state index is 0.123. The van der Waals surface area contributed by atoms with E-state index in [1.165, 1.54) is 0 Å². The van der Waals surface area contributed by atoms with E-state index in [1.807, 2.05) is 31.2 Å². The molecule has 7 nitrogen and oxygen atoms in total. The zero-order valence-electron chi connectivity index (χ0n) is 14.1. The molecule has 2 rings (SSSR count). The molecular weight excluding hydrogens is 308 g/mol. The standard InChI is InChI=1S/C17H22N4O3/c1-4-23-8-9-24-13-7-5-6-12(10-13)15-14(16(22)19-3)11(2)20-17(18)21-15/h5-7,10H,4,8-9H2,1-3H3,(H,19,22)(H2,18,20,21). The first-order valence-electron chi connectivity index (χ1n) is 7.74. The van der Waals surface area contributed by atoms with Crippen LogP contribution in [0.2, 0.25) is 0 Å². The molecule has 0 saturated heterocycles. The van der Waals surface area contributed by atoms with Crippen molar-refractivity contribution in [2.75, 3.05) is 32.6 Å². The van der Waals surface area contributed by atoms with Crippen molar-refractivity contribution in [3.8, 4) is 17.0 Å². The molecule has 1 aromatic carbocycles. The molecule has 0 aliphatic heterocycles. The molecule has 2 aromatic rings. The molecule has 1 aromatic heterocycles. The highest BCUT2D eigenvalue weighted by Gasteiger charge is 2.18. The molecule has 0 fully saturated rings. The lowest BCUT2D eigenvalue weighted by Crippen LogP contribution is -2.21. The molecule has 0 radical (unpaired) electrons. The average Bonchev–Trinajstić information content (AvgIpc) is 2.58. The normalized spacial score (nSPS) is 10.5. The van der Waals surface area contributed by atoms with E-state index < -0.39 is 0 Å². The summed E-state index contributed by atoms with van der Waals surface area (Å²) >= 11 is 0. The van der Waals surface area contributed by atoms with Gasteiger partial charge in [0, 0.05) is 19.2 Å². The number of anilines is 1. The minimum atomic E-state index is -0.259. The van der Waals surface area contributed by atoms with Gasteiger partial charge in [0.05, 0.1) is 23.6 Å². The van der Waals surface area contributed by atoms with Crippen molar-refractivity contribution in [2.45, 2.75) is 13.8 Å². The maximum Gasteiger partial charge on any atom is 0.255 e. The molecule has 0 bridgehead atoms. The SMILES string of the molecule is CCOCCOc1cccc(-c2nc(N)nc(C)c2C(=O)NC)c1. The van der Waals surface area contributed by atoms with Crippen LogP contribution in [0.3, 0.4) is 0 Å². The van der Waals surface area contributed by atoms with Gasteiger partial charge in [0.25, 0.3) is 5.91 Å². The van der Waals surface area contributed by atoms with Gasteiger partial charge in [-0.25, -0.2) is 9.97 Å². The van der Waals surface area contributed by atoms with Crippen molar-refractivity contribution in [3.05, 3.63) is 35.5 Å². The Balaban J connectivity index is 2.36. The Morgan fingerprint density at radius 1 is 1.29 bits per heavy atom. The zero-order valence-corrected chi connectivity index (χ0v) is 14.1. The summed E-state index contributed by atoms with van der Waals surface area (Å²) in [6.45, 7) is 5.28. The van der Waals surface area contributed by atoms with Crippen LogP contribution in [0.1, 0.15) is 23.0 Å². The van der Waals surface area contributed by atoms with Gasteiger partial charge in [0.15, 0.2) is 0 Å². The number of benzene rings is 1. The lowest BCUT2D eigenvalue weighted by molar-refractivity contribution is 0.0962. The van der Waals surface area contributed by atoms with Crippen molar-refractivity contribution in [2.24, 2.45) is 0 Å². The largest absolute Gasteiger partial charge is 0.491 e. The Morgan fingerprint density at radius 2 is 2.08 bits per heavy atom. The number of nitrogens with two attached hydrogens (primary N) is 1. The van der Waals surface area contributed by atoms with Crippen LogP contribution in [0, 0.1) is 6.92 Å². The lowest BCUT2D eigenvalue weighted by Gasteiger charge is -2.12. The highest BCUT2D eigenvalue weighted by Crippen LogP contribution is 2.27. The molecule has 128 valence electrons. The van der Waals surface area contributed by atoms with Gasteiger partial charge < -0.3 is 20.5 Å². The summed E-state index contributed by atoms with van der Waals surface area (Å²) in [5, 5.41) is 2.61. The van der Waals surface area contributed by atoms with Crippen molar-refractivity contribution in [1.82, 2.24) is 15.3 Å². The number of rotatable bonds is 7. The Kier molecular flexibility index (Phi) is 6.08. The maximum atomic E-state index is 12.2. The van der Waals surface area contributed by atoms with E-state index in [0.29, 0.717) is 42.5 Å². The fraction of sp³-hybridized carbons (Fsp3) is 0.353. The Morgan fingerprint density at radius 3 is 2.79 bits per heavy atom. The van der Waals surface area contributed by atoms with E-state index in [9.17, 15) is 4.79 Å². The molecule has 0 aliphatic rings. The third kappa shape index (κ3) is 4.20. The van der Waals surface area contributed by atoms with Crippen LogP contribution in [0.4, 0.5) is 5.95 Å². The van der Waals surface area contributed by atoms with Crippen LogP contribution in [-0.2, 0) is 4.74 Å². The summed E-state index contributed by atoms with van der Waals surface area (Å²) in [7, 11) is 1.56. The average molecular weight is 330 g/mol. The molecule has 0 atom stereocenters. The number of amides is 1. The molecular formula is C17H22N4O3. The third-order valence-corrected chi connectivity index (χ3v) is 3.37. The molecule has 1 amide bonds. The predicted molar refractivity (Wildman–Crippen MR) is 92.0 cm³/mol. The van der Waals surface area contributed by atoms with E-state index in [-0.39, 0.29) is 11.9 Å². The first-order chi connectivity index (χ1) is 11.6. The van der Waals surface area contributed by atoms with E-state index in [2.05, 4.69) is 15.3 Å². The van der Waals surface area contributed by atoms with Crippen molar-refractivity contribution >= 4 is 11.9 Å². The van der Waals surface area contributed by atoms with Gasteiger partial charge in [-0.2, -0.15) is 0 Å². The molecule has 7 heteroatoms. The van der Waals surface area contributed by atoms with Crippen LogP contribution in [0.25, 0.3) is 11.3 Å². The van der Waals surface area contributed by atoms with E-state index in [0.717, 1.165) is 5.56 Å². The van der Waals surface area contributed by atoms with Gasteiger partial charge in [0.2, 0.25) is 5.95 Å². The van der Waals surface area contributed by atoms with E-state index in [4.69, 9.17) is 15.2 Å². The molecule has 0 aliphatic carbocycles. The number of ether oxygens (including phenoxy) is 2. The monoisotopic (exact) mass is 330 g/mol. The molecule has 3 N–H and O–H groups in total. The minimum Gasteiger partial charge on any atom is -0.491 e. The van der Waals surface area contributed by atoms with Crippen molar-refractivity contribution < 1.29 is 14.3 Å². The molecule has 1 heterocycles. The second-order valence-corrected chi connectivity index (χ2v) is 5.04. The number of carbonyl (C=O) groups excluding carboxylic acids is 1. The second kappa shape index (κ2) is 8.26. The molecule has 24 heavy (non-hydrogen) atoms. The Hall–Kier alpha value is -2.67. The highest BCUT2D eigenvalue weighted by molar-refractivity contribution is 6.01. The number of nitrogens with one attached hydrogen (secondary N) is 1. The number of hydrogen-bond donors (Lipinski definition) is 2. The van der Waals surface area contributed by atoms with Crippen molar-refractivity contribution in [1.29, 1.82) is 0 Å². The summed E-state index contributed by atoms with van der Waals surface area (Å²) in [4.78, 5) is 20.5. The quantitative estimate of drug-likeness (QED) is 0.751. The predicted octanol–water partition coefficient (Wildman–Crippen LogP) is 1.81. The fourth-order valence-corrected chi connectivity index (χ4v) is 2.30. The topological polar surface area (TPSA) is 99.4 Å². The van der Waals surface area contributed by atoms with Gasteiger partial charge in [-0.15, -0.1) is 0 Å². The first kappa shape index (κ1) is 17.7. The number of aromatic nitrogens is 2. The third-order valence-electron chi connectivity index (χ3n) is 3.37. The summed E-state index contributed by atoms with van der Waals surface area (Å²) < 4.78 is 10.9. The van der Waals surface area contributed by atoms with Crippen LogP contribution < -0.4 is 15.8 Å². The summed E-state index contributed by atoms with van der Waals surface area (Å²) in [5.74, 6) is 0.535. The highest BCUT2D eigenvalue weighted by atomic mass is 16.5. The second-order valence-electron chi connectivity index (χ2n) is 5.04. The summed E-state index contributed by atoms with van der Waals surface area (Å²) in [5.41, 5.74) is 7.90. The van der Waals surface area contributed by atoms with E-state index >= 15 is 0 Å².